The Balaban J connectivity index is 1.51. The molecule has 0 radical (unpaired) electrons. The van der Waals surface area contributed by atoms with Crippen LogP contribution >= 0.6 is 0 Å². The summed E-state index contributed by atoms with van der Waals surface area (Å²) in [6.45, 7) is 0.402. The van der Waals surface area contributed by atoms with Gasteiger partial charge < -0.3 is 10.1 Å². The molecule has 150 valence electrons. The first-order chi connectivity index (χ1) is 13.8. The van der Waals surface area contributed by atoms with E-state index in [9.17, 15) is 22.4 Å². The highest BCUT2D eigenvalue weighted by Gasteiger charge is 2.32. The van der Waals surface area contributed by atoms with E-state index in [0.29, 0.717) is 11.3 Å². The second kappa shape index (κ2) is 8.72. The van der Waals surface area contributed by atoms with Gasteiger partial charge in [-0.3, -0.25) is 9.78 Å². The van der Waals surface area contributed by atoms with E-state index < -0.39 is 17.8 Å². The normalized spacial score (nSPS) is 11.2. The zero-order valence-electron chi connectivity index (χ0n) is 15.0. The lowest BCUT2D eigenvalue weighted by atomic mass is 10.2. The summed E-state index contributed by atoms with van der Waals surface area (Å²) in [5.74, 6) is -0.283. The topological polar surface area (TPSA) is 51.2 Å². The highest BCUT2D eigenvalue weighted by molar-refractivity contribution is 5.93. The molecule has 29 heavy (non-hydrogen) atoms. The molecule has 1 N–H and O–H groups in total. The summed E-state index contributed by atoms with van der Waals surface area (Å²) in [6, 6.07) is 14.8. The molecule has 3 aromatic rings. The summed E-state index contributed by atoms with van der Waals surface area (Å²) in [4.78, 5) is 15.3. The molecule has 0 saturated heterocycles. The van der Waals surface area contributed by atoms with E-state index in [4.69, 9.17) is 4.74 Å². The Bertz CT molecular complexity index is 971. The molecule has 1 amide bonds. The molecule has 0 fully saturated rings. The fourth-order valence-electron chi connectivity index (χ4n) is 2.48. The number of nitrogens with zero attached hydrogens (tertiary/aromatic N) is 1. The van der Waals surface area contributed by atoms with Gasteiger partial charge in [0.05, 0.1) is 5.56 Å². The standard InChI is InChI=1S/C21H16F4N2O2/c22-17-3-1-2-15(10-17)13-29-18-7-4-14(5-8-18)11-27-20(28)16-6-9-19(26-12-16)21(23,24)25/h1-10,12H,11,13H2,(H,27,28). The molecule has 8 heteroatoms. The maximum Gasteiger partial charge on any atom is 0.433 e. The van der Waals surface area contributed by atoms with Crippen molar-refractivity contribution in [1.82, 2.24) is 10.3 Å². The van der Waals surface area contributed by atoms with Crippen molar-refractivity contribution >= 4 is 5.91 Å². The molecule has 0 aliphatic heterocycles. The van der Waals surface area contributed by atoms with Crippen molar-refractivity contribution in [3.05, 3.63) is 95.1 Å². The molecule has 1 aromatic heterocycles. The number of carbonyl (C=O) groups is 1. The average Bonchev–Trinajstić information content (AvgIpc) is 2.71. The first kappa shape index (κ1) is 20.3. The maximum absolute atomic E-state index is 13.1. The quantitative estimate of drug-likeness (QED) is 0.604. The van der Waals surface area contributed by atoms with Crippen molar-refractivity contribution in [2.45, 2.75) is 19.3 Å². The highest BCUT2D eigenvalue weighted by atomic mass is 19.4. The fourth-order valence-corrected chi connectivity index (χ4v) is 2.48. The zero-order chi connectivity index (χ0) is 20.9. The number of rotatable bonds is 6. The summed E-state index contributed by atoms with van der Waals surface area (Å²) < 4.78 is 56.2. The Kier molecular flexibility index (Phi) is 6.11. The van der Waals surface area contributed by atoms with E-state index >= 15 is 0 Å². The summed E-state index contributed by atoms with van der Waals surface area (Å²) in [7, 11) is 0. The predicted molar refractivity (Wildman–Crippen MR) is 97.6 cm³/mol. The van der Waals surface area contributed by atoms with Crippen LogP contribution in [0.5, 0.6) is 5.75 Å². The summed E-state index contributed by atoms with van der Waals surface area (Å²) in [6.07, 6.45) is -3.66. The van der Waals surface area contributed by atoms with Gasteiger partial charge >= 0.3 is 6.18 Å². The molecule has 4 nitrogen and oxygen atoms in total. The smallest absolute Gasteiger partial charge is 0.433 e. The molecular formula is C21H16F4N2O2. The minimum absolute atomic E-state index is 0.0352. The molecule has 0 aliphatic rings. The van der Waals surface area contributed by atoms with E-state index in [-0.39, 0.29) is 24.5 Å². The Morgan fingerprint density at radius 1 is 1.00 bits per heavy atom. The van der Waals surface area contributed by atoms with Crippen LogP contribution < -0.4 is 10.1 Å². The van der Waals surface area contributed by atoms with E-state index in [1.165, 1.54) is 12.1 Å². The van der Waals surface area contributed by atoms with Gasteiger partial charge in [-0.15, -0.1) is 0 Å². The third kappa shape index (κ3) is 5.78. The van der Waals surface area contributed by atoms with Gasteiger partial charge in [0.2, 0.25) is 0 Å². The minimum Gasteiger partial charge on any atom is -0.489 e. The Morgan fingerprint density at radius 2 is 1.76 bits per heavy atom. The van der Waals surface area contributed by atoms with Crippen LogP contribution in [0.2, 0.25) is 0 Å². The number of hydrogen-bond donors (Lipinski definition) is 1. The van der Waals surface area contributed by atoms with Crippen molar-refractivity contribution in [3.63, 3.8) is 0 Å². The van der Waals surface area contributed by atoms with Crippen molar-refractivity contribution in [3.8, 4) is 5.75 Å². The van der Waals surface area contributed by atoms with Gasteiger partial charge in [-0.05, 0) is 47.5 Å². The van der Waals surface area contributed by atoms with E-state index in [1.807, 2.05) is 0 Å². The van der Waals surface area contributed by atoms with Gasteiger partial charge in [0, 0.05) is 12.7 Å². The molecule has 2 aromatic carbocycles. The number of halogens is 4. The first-order valence-corrected chi connectivity index (χ1v) is 8.59. The molecule has 0 atom stereocenters. The summed E-state index contributed by atoms with van der Waals surface area (Å²) in [5.41, 5.74) is 0.457. The van der Waals surface area contributed by atoms with E-state index in [2.05, 4.69) is 10.3 Å². The van der Waals surface area contributed by atoms with Crippen LogP contribution in [-0.2, 0) is 19.3 Å². The summed E-state index contributed by atoms with van der Waals surface area (Å²) in [5, 5.41) is 2.61. The number of hydrogen-bond acceptors (Lipinski definition) is 3. The van der Waals surface area contributed by atoms with Gasteiger partial charge in [0.15, 0.2) is 0 Å². The number of nitrogens with one attached hydrogen (secondary N) is 1. The van der Waals surface area contributed by atoms with Gasteiger partial charge in [0.1, 0.15) is 23.9 Å². The Hall–Kier alpha value is -3.42. The van der Waals surface area contributed by atoms with Gasteiger partial charge in [0.25, 0.3) is 5.91 Å². The van der Waals surface area contributed by atoms with Crippen LogP contribution in [0.4, 0.5) is 17.6 Å². The Morgan fingerprint density at radius 3 is 2.38 bits per heavy atom. The highest BCUT2D eigenvalue weighted by Crippen LogP contribution is 2.27. The largest absolute Gasteiger partial charge is 0.489 e. The monoisotopic (exact) mass is 404 g/mol. The van der Waals surface area contributed by atoms with Crippen molar-refractivity contribution in [2.75, 3.05) is 0 Å². The summed E-state index contributed by atoms with van der Waals surface area (Å²) >= 11 is 0. The number of amides is 1. The van der Waals surface area contributed by atoms with Gasteiger partial charge in [-0.2, -0.15) is 13.2 Å². The minimum atomic E-state index is -4.55. The van der Waals surface area contributed by atoms with E-state index in [1.54, 1.807) is 36.4 Å². The van der Waals surface area contributed by atoms with Crippen LogP contribution in [0.1, 0.15) is 27.2 Å². The number of alkyl halides is 3. The van der Waals surface area contributed by atoms with Crippen LogP contribution in [0, 0.1) is 5.82 Å². The predicted octanol–water partition coefficient (Wildman–Crippen LogP) is 4.75. The third-order valence-corrected chi connectivity index (χ3v) is 3.99. The van der Waals surface area contributed by atoms with Crippen LogP contribution in [0.3, 0.4) is 0 Å². The molecule has 0 bridgehead atoms. The van der Waals surface area contributed by atoms with Crippen LogP contribution in [0.15, 0.2) is 66.9 Å². The van der Waals surface area contributed by atoms with Crippen molar-refractivity contribution in [2.24, 2.45) is 0 Å². The average molecular weight is 404 g/mol. The number of carbonyl (C=O) groups excluding carboxylic acids is 1. The second-order valence-corrected chi connectivity index (χ2v) is 6.18. The molecule has 3 rings (SSSR count). The van der Waals surface area contributed by atoms with Crippen molar-refractivity contribution < 1.29 is 27.1 Å². The Labute approximate surface area is 164 Å². The molecular weight excluding hydrogens is 388 g/mol. The van der Waals surface area contributed by atoms with E-state index in [0.717, 1.165) is 23.9 Å². The molecule has 0 aliphatic carbocycles. The lowest BCUT2D eigenvalue weighted by Gasteiger charge is -2.09. The van der Waals surface area contributed by atoms with Gasteiger partial charge in [-0.1, -0.05) is 24.3 Å². The molecule has 0 spiro atoms. The third-order valence-electron chi connectivity index (χ3n) is 3.99. The number of benzene rings is 2. The number of aromatic nitrogens is 1. The SMILES string of the molecule is O=C(NCc1ccc(OCc2cccc(F)c2)cc1)c1ccc(C(F)(F)F)nc1. The van der Waals surface area contributed by atoms with Crippen molar-refractivity contribution in [1.29, 1.82) is 0 Å². The lowest BCUT2D eigenvalue weighted by Crippen LogP contribution is -2.23. The lowest BCUT2D eigenvalue weighted by molar-refractivity contribution is -0.141. The van der Waals surface area contributed by atoms with Crippen LogP contribution in [0.25, 0.3) is 0 Å². The second-order valence-electron chi connectivity index (χ2n) is 6.18. The van der Waals surface area contributed by atoms with Gasteiger partial charge in [-0.25, -0.2) is 4.39 Å². The zero-order valence-corrected chi connectivity index (χ0v) is 15.0. The first-order valence-electron chi connectivity index (χ1n) is 8.59. The molecule has 0 unspecified atom stereocenters. The number of pyridine rings is 1. The number of ether oxygens (including phenoxy) is 1. The van der Waals surface area contributed by atoms with Crippen LogP contribution in [-0.4, -0.2) is 10.9 Å². The fraction of sp³-hybridized carbons (Fsp3) is 0.143. The molecule has 0 saturated carbocycles. The maximum atomic E-state index is 13.1. The molecule has 1 heterocycles.